The second kappa shape index (κ2) is 6.57. The van der Waals surface area contributed by atoms with Crippen molar-refractivity contribution in [2.75, 3.05) is 13.2 Å². The number of aliphatic hydroxyl groups is 1. The number of ether oxygens (including phenoxy) is 2. The quantitative estimate of drug-likeness (QED) is 0.832. The smallest absolute Gasteiger partial charge is 0.126 e. The number of hydrogen-bond donors (Lipinski definition) is 1. The van der Waals surface area contributed by atoms with Crippen molar-refractivity contribution in [1.29, 1.82) is 0 Å². The van der Waals surface area contributed by atoms with Gasteiger partial charge in [0.05, 0.1) is 12.7 Å². The van der Waals surface area contributed by atoms with Gasteiger partial charge >= 0.3 is 0 Å². The van der Waals surface area contributed by atoms with Crippen molar-refractivity contribution in [2.24, 2.45) is 0 Å². The Balaban J connectivity index is 2.36. The third-order valence-electron chi connectivity index (χ3n) is 2.19. The van der Waals surface area contributed by atoms with Crippen molar-refractivity contribution in [3.63, 3.8) is 0 Å². The van der Waals surface area contributed by atoms with Crippen LogP contribution in [0.1, 0.15) is 19.4 Å². The van der Waals surface area contributed by atoms with Crippen LogP contribution in [0.25, 0.3) is 0 Å². The molecule has 0 aliphatic heterocycles. The van der Waals surface area contributed by atoms with Crippen LogP contribution in [0.3, 0.4) is 0 Å². The van der Waals surface area contributed by atoms with Gasteiger partial charge in [-0.25, -0.2) is 4.39 Å². The summed E-state index contributed by atoms with van der Waals surface area (Å²) in [4.78, 5) is 0. The molecule has 3 nitrogen and oxygen atoms in total. The van der Waals surface area contributed by atoms with E-state index in [0.29, 0.717) is 11.3 Å². The topological polar surface area (TPSA) is 38.7 Å². The number of aliphatic hydroxyl groups excluding tert-OH is 1. The summed E-state index contributed by atoms with van der Waals surface area (Å²) in [5, 5.41) is 9.56. The minimum absolute atomic E-state index is 0.0812. The molecule has 0 aromatic heterocycles. The zero-order chi connectivity index (χ0) is 12.8. The molecule has 96 valence electrons. The highest BCUT2D eigenvalue weighted by Gasteiger charge is 2.07. The zero-order valence-corrected chi connectivity index (χ0v) is 10.4. The first-order valence-corrected chi connectivity index (χ1v) is 5.67. The average Bonchev–Trinajstić information content (AvgIpc) is 2.28. The summed E-state index contributed by atoms with van der Waals surface area (Å²) in [5.41, 5.74) is 0.524. The van der Waals surface area contributed by atoms with E-state index in [0.717, 1.165) is 0 Å². The van der Waals surface area contributed by atoms with E-state index in [1.165, 1.54) is 6.07 Å². The van der Waals surface area contributed by atoms with Gasteiger partial charge in [0.1, 0.15) is 24.3 Å². The van der Waals surface area contributed by atoms with Gasteiger partial charge in [-0.1, -0.05) is 0 Å². The zero-order valence-electron chi connectivity index (χ0n) is 10.4. The monoisotopic (exact) mass is 242 g/mol. The Labute approximate surface area is 101 Å². The third-order valence-corrected chi connectivity index (χ3v) is 2.19. The molecule has 0 radical (unpaired) electrons. The van der Waals surface area contributed by atoms with Gasteiger partial charge in [-0.3, -0.25) is 0 Å². The molecule has 0 amide bonds. The molecular formula is C13H19FO3. The summed E-state index contributed by atoms with van der Waals surface area (Å²) in [6, 6.07) is 4.49. The molecule has 0 bridgehead atoms. The summed E-state index contributed by atoms with van der Waals surface area (Å²) in [7, 11) is 0. The van der Waals surface area contributed by atoms with Gasteiger partial charge in [0.15, 0.2) is 0 Å². The van der Waals surface area contributed by atoms with Crippen molar-refractivity contribution >= 4 is 0 Å². The molecule has 0 saturated carbocycles. The van der Waals surface area contributed by atoms with Crippen LogP contribution in [0.4, 0.5) is 4.39 Å². The Bertz CT molecular complexity index is 353. The fraction of sp³-hybridized carbons (Fsp3) is 0.538. The van der Waals surface area contributed by atoms with Crippen molar-refractivity contribution in [3.05, 3.63) is 29.6 Å². The van der Waals surface area contributed by atoms with E-state index in [-0.39, 0.29) is 25.1 Å². The van der Waals surface area contributed by atoms with Gasteiger partial charge in [-0.2, -0.15) is 0 Å². The van der Waals surface area contributed by atoms with Crippen molar-refractivity contribution < 1.29 is 19.0 Å². The maximum Gasteiger partial charge on any atom is 0.126 e. The van der Waals surface area contributed by atoms with E-state index in [2.05, 4.69) is 0 Å². The summed E-state index contributed by atoms with van der Waals surface area (Å²) in [6.07, 6.45) is -0.597. The number of hydrogen-bond acceptors (Lipinski definition) is 3. The lowest BCUT2D eigenvalue weighted by molar-refractivity contribution is -0.0123. The molecule has 0 aliphatic carbocycles. The van der Waals surface area contributed by atoms with E-state index >= 15 is 0 Å². The SMILES string of the molecule is Cc1cc(OCC(O)COC(C)C)ccc1F. The molecule has 1 aromatic carbocycles. The average molecular weight is 242 g/mol. The predicted molar refractivity (Wildman–Crippen MR) is 63.7 cm³/mol. The van der Waals surface area contributed by atoms with Crippen LogP contribution >= 0.6 is 0 Å². The van der Waals surface area contributed by atoms with Crippen LogP contribution < -0.4 is 4.74 Å². The van der Waals surface area contributed by atoms with Crippen LogP contribution in [-0.2, 0) is 4.74 Å². The predicted octanol–water partition coefficient (Wildman–Crippen LogP) is 2.30. The Morgan fingerprint density at radius 3 is 2.59 bits per heavy atom. The van der Waals surface area contributed by atoms with Crippen molar-refractivity contribution in [1.82, 2.24) is 0 Å². The first-order chi connectivity index (χ1) is 7.99. The van der Waals surface area contributed by atoms with E-state index < -0.39 is 6.10 Å². The lowest BCUT2D eigenvalue weighted by Crippen LogP contribution is -2.25. The van der Waals surface area contributed by atoms with Crippen LogP contribution in [0.5, 0.6) is 5.75 Å². The van der Waals surface area contributed by atoms with Crippen molar-refractivity contribution in [3.8, 4) is 5.75 Å². The lowest BCUT2D eigenvalue weighted by Gasteiger charge is -2.14. The second-order valence-corrected chi connectivity index (χ2v) is 4.26. The first-order valence-electron chi connectivity index (χ1n) is 5.67. The Morgan fingerprint density at radius 1 is 1.29 bits per heavy atom. The number of rotatable bonds is 6. The van der Waals surface area contributed by atoms with Crippen molar-refractivity contribution in [2.45, 2.75) is 33.0 Å². The molecular weight excluding hydrogens is 223 g/mol. The maximum atomic E-state index is 13.0. The first kappa shape index (κ1) is 13.9. The van der Waals surface area contributed by atoms with Gasteiger partial charge in [0.25, 0.3) is 0 Å². The van der Waals surface area contributed by atoms with Gasteiger partial charge in [0, 0.05) is 0 Å². The molecule has 1 N–H and O–H groups in total. The Hall–Kier alpha value is -1.13. The van der Waals surface area contributed by atoms with Crippen LogP contribution in [-0.4, -0.2) is 30.5 Å². The maximum absolute atomic E-state index is 13.0. The van der Waals surface area contributed by atoms with E-state index in [9.17, 15) is 9.50 Å². The molecule has 17 heavy (non-hydrogen) atoms. The number of aryl methyl sites for hydroxylation is 1. The highest BCUT2D eigenvalue weighted by Crippen LogP contribution is 2.16. The molecule has 0 aliphatic rings. The molecule has 0 fully saturated rings. The molecule has 1 aromatic rings. The highest BCUT2D eigenvalue weighted by molar-refractivity contribution is 5.28. The molecule has 1 rings (SSSR count). The summed E-state index contributed by atoms with van der Waals surface area (Å²) in [6.45, 7) is 5.84. The van der Waals surface area contributed by atoms with Crippen LogP contribution in [0, 0.1) is 12.7 Å². The van der Waals surface area contributed by atoms with E-state index in [4.69, 9.17) is 9.47 Å². The lowest BCUT2D eigenvalue weighted by atomic mass is 10.2. The van der Waals surface area contributed by atoms with Gasteiger partial charge in [-0.05, 0) is 44.5 Å². The van der Waals surface area contributed by atoms with E-state index in [1.807, 2.05) is 13.8 Å². The Kier molecular flexibility index (Phi) is 5.38. The molecule has 1 unspecified atom stereocenters. The van der Waals surface area contributed by atoms with E-state index in [1.54, 1.807) is 19.1 Å². The van der Waals surface area contributed by atoms with Gasteiger partial charge in [0.2, 0.25) is 0 Å². The minimum Gasteiger partial charge on any atom is -0.491 e. The molecule has 0 heterocycles. The summed E-state index contributed by atoms with van der Waals surface area (Å²) >= 11 is 0. The molecule has 0 saturated heterocycles. The largest absolute Gasteiger partial charge is 0.491 e. The molecule has 4 heteroatoms. The molecule has 1 atom stereocenters. The summed E-state index contributed by atoms with van der Waals surface area (Å²) < 4.78 is 23.6. The third kappa shape index (κ3) is 5.15. The second-order valence-electron chi connectivity index (χ2n) is 4.26. The standard InChI is InChI=1S/C13H19FO3/c1-9(2)16-7-11(15)8-17-12-4-5-13(14)10(3)6-12/h4-6,9,11,15H,7-8H2,1-3H3. The van der Waals surface area contributed by atoms with Crippen LogP contribution in [0.2, 0.25) is 0 Å². The molecule has 0 spiro atoms. The normalized spacial score (nSPS) is 12.8. The summed E-state index contributed by atoms with van der Waals surface area (Å²) in [5.74, 6) is 0.286. The minimum atomic E-state index is -0.678. The number of halogens is 1. The fourth-order valence-corrected chi connectivity index (χ4v) is 1.25. The van der Waals surface area contributed by atoms with Crippen LogP contribution in [0.15, 0.2) is 18.2 Å². The van der Waals surface area contributed by atoms with Gasteiger partial charge < -0.3 is 14.6 Å². The Morgan fingerprint density at radius 2 is 2.00 bits per heavy atom. The number of benzene rings is 1. The van der Waals surface area contributed by atoms with Gasteiger partial charge in [-0.15, -0.1) is 0 Å². The fourth-order valence-electron chi connectivity index (χ4n) is 1.25. The highest BCUT2D eigenvalue weighted by atomic mass is 19.1.